The molecule has 2 N–H and O–H groups in total. The molecule has 28 heavy (non-hydrogen) atoms. The van der Waals surface area contributed by atoms with Crippen molar-refractivity contribution >= 4 is 46.8 Å². The average molecular weight is 491 g/mol. The van der Waals surface area contributed by atoms with Crippen LogP contribution in [0.1, 0.15) is 27.7 Å². The van der Waals surface area contributed by atoms with Gasteiger partial charge in [-0.15, -0.1) is 0 Å². The highest BCUT2D eigenvalue weighted by atomic mass is 79.9. The first-order valence-electron chi connectivity index (χ1n) is 9.29. The first kappa shape index (κ1) is 23.3. The zero-order valence-electron chi connectivity index (χ0n) is 17.3. The second-order valence-electron chi connectivity index (χ2n) is 8.40. The van der Waals surface area contributed by atoms with Gasteiger partial charge in [-0.2, -0.15) is 0 Å². The fourth-order valence-corrected chi connectivity index (χ4v) is 4.05. The maximum Gasteiger partial charge on any atom is 0.262 e. The van der Waals surface area contributed by atoms with Crippen molar-refractivity contribution in [3.05, 3.63) is 32.2 Å². The van der Waals surface area contributed by atoms with Gasteiger partial charge in [0.2, 0.25) is 0 Å². The summed E-state index contributed by atoms with van der Waals surface area (Å²) in [6.07, 6.45) is 1.36. The molecule has 1 atom stereocenters. The number of benzene rings is 1. The van der Waals surface area contributed by atoms with Crippen LogP contribution >= 0.6 is 27.5 Å². The van der Waals surface area contributed by atoms with Crippen molar-refractivity contribution in [3.63, 3.8) is 0 Å². The summed E-state index contributed by atoms with van der Waals surface area (Å²) < 4.78 is 12.7. The number of rotatable bonds is 8. The SMILES string of the molecule is CC(CO[Si](C)(C)C(C)(C)C)NCCOc1c(Cl)c(Br)cc2nc[nH]c(=O)c12. The van der Waals surface area contributed by atoms with Crippen molar-refractivity contribution in [3.8, 4) is 5.75 Å². The highest BCUT2D eigenvalue weighted by Crippen LogP contribution is 2.37. The summed E-state index contributed by atoms with van der Waals surface area (Å²) in [7, 11) is -1.76. The number of halogens is 2. The zero-order chi connectivity index (χ0) is 21.1. The summed E-state index contributed by atoms with van der Waals surface area (Å²) in [4.78, 5) is 18.9. The van der Waals surface area contributed by atoms with Gasteiger partial charge in [-0.25, -0.2) is 4.98 Å². The van der Waals surface area contributed by atoms with E-state index >= 15 is 0 Å². The third kappa shape index (κ3) is 5.57. The monoisotopic (exact) mass is 489 g/mol. The Hall–Kier alpha value is -0.933. The average Bonchev–Trinajstić information content (AvgIpc) is 2.59. The first-order chi connectivity index (χ1) is 12.9. The van der Waals surface area contributed by atoms with E-state index in [1.165, 1.54) is 6.33 Å². The van der Waals surface area contributed by atoms with E-state index in [-0.39, 0.29) is 16.6 Å². The molecule has 0 radical (unpaired) electrons. The molecule has 1 aromatic heterocycles. The van der Waals surface area contributed by atoms with Crippen LogP contribution in [0.2, 0.25) is 23.2 Å². The molecule has 0 bridgehead atoms. The molecule has 0 aliphatic carbocycles. The van der Waals surface area contributed by atoms with Crippen LogP contribution < -0.4 is 15.6 Å². The van der Waals surface area contributed by atoms with Gasteiger partial charge < -0.3 is 19.5 Å². The minimum atomic E-state index is -1.76. The Kier molecular flexibility index (Phi) is 7.72. The molecule has 2 aromatic rings. The Morgan fingerprint density at radius 3 is 2.71 bits per heavy atom. The predicted octanol–water partition coefficient (Wildman–Crippen LogP) is 4.72. The maximum absolute atomic E-state index is 12.2. The molecule has 1 unspecified atom stereocenters. The van der Waals surface area contributed by atoms with Crippen molar-refractivity contribution in [2.45, 2.75) is 51.9 Å². The Balaban J connectivity index is 1.94. The quantitative estimate of drug-likeness (QED) is 0.414. The van der Waals surface area contributed by atoms with Gasteiger partial charge in [-0.1, -0.05) is 32.4 Å². The normalized spacial score (nSPS) is 13.7. The molecule has 0 aliphatic heterocycles. The summed E-state index contributed by atoms with van der Waals surface area (Å²) in [5.74, 6) is 0.340. The molecule has 1 heterocycles. The molecule has 0 saturated carbocycles. The van der Waals surface area contributed by atoms with Crippen LogP contribution in [-0.4, -0.2) is 44.1 Å². The Labute approximate surface area is 180 Å². The largest absolute Gasteiger partial charge is 0.490 e. The number of fused-ring (bicyclic) bond motifs is 1. The van der Waals surface area contributed by atoms with E-state index in [4.69, 9.17) is 20.8 Å². The van der Waals surface area contributed by atoms with Gasteiger partial charge >= 0.3 is 0 Å². The molecule has 0 spiro atoms. The lowest BCUT2D eigenvalue weighted by atomic mass is 10.2. The van der Waals surface area contributed by atoms with Gasteiger partial charge in [0.25, 0.3) is 5.56 Å². The predicted molar refractivity (Wildman–Crippen MR) is 121 cm³/mol. The van der Waals surface area contributed by atoms with Crippen LogP contribution in [0.25, 0.3) is 10.9 Å². The van der Waals surface area contributed by atoms with Crippen LogP contribution in [0.3, 0.4) is 0 Å². The third-order valence-corrected chi connectivity index (χ3v) is 10.9. The highest BCUT2D eigenvalue weighted by Gasteiger charge is 2.37. The smallest absolute Gasteiger partial charge is 0.262 e. The highest BCUT2D eigenvalue weighted by molar-refractivity contribution is 9.10. The minimum absolute atomic E-state index is 0.190. The van der Waals surface area contributed by atoms with Crippen LogP contribution in [0.15, 0.2) is 21.7 Å². The lowest BCUT2D eigenvalue weighted by molar-refractivity contribution is 0.239. The van der Waals surface area contributed by atoms with Crippen LogP contribution in [-0.2, 0) is 4.43 Å². The van der Waals surface area contributed by atoms with E-state index in [0.717, 1.165) is 0 Å². The summed E-state index contributed by atoms with van der Waals surface area (Å²) >= 11 is 9.73. The Bertz CT molecular complexity index is 883. The number of H-pyrrole nitrogens is 1. The topological polar surface area (TPSA) is 76.2 Å². The number of hydrogen-bond acceptors (Lipinski definition) is 5. The van der Waals surface area contributed by atoms with E-state index in [0.29, 0.717) is 45.9 Å². The third-order valence-electron chi connectivity index (χ3n) is 5.12. The van der Waals surface area contributed by atoms with Gasteiger partial charge in [-0.05, 0) is 47.1 Å². The molecule has 156 valence electrons. The van der Waals surface area contributed by atoms with E-state index in [9.17, 15) is 4.79 Å². The van der Waals surface area contributed by atoms with Crippen molar-refractivity contribution in [1.29, 1.82) is 0 Å². The standard InChI is InChI=1S/C19H29BrClN3O3Si/c1-12(10-27-28(5,6)19(2,3)4)22-7-8-26-17-15-14(9-13(20)16(17)21)23-11-24-18(15)25/h9,11-12,22H,7-8,10H2,1-6H3,(H,23,24,25). The van der Waals surface area contributed by atoms with Crippen LogP contribution in [0, 0.1) is 0 Å². The first-order valence-corrected chi connectivity index (χ1v) is 13.4. The molecule has 1 aromatic carbocycles. The molecule has 0 amide bonds. The van der Waals surface area contributed by atoms with E-state index in [2.05, 4.69) is 72.0 Å². The minimum Gasteiger partial charge on any atom is -0.490 e. The second-order valence-corrected chi connectivity index (χ2v) is 14.4. The van der Waals surface area contributed by atoms with Crippen molar-refractivity contribution in [2.75, 3.05) is 19.8 Å². The number of nitrogens with one attached hydrogen (secondary N) is 2. The number of aromatic amines is 1. The van der Waals surface area contributed by atoms with Gasteiger partial charge in [0.05, 0.1) is 16.9 Å². The van der Waals surface area contributed by atoms with Gasteiger partial charge in [-0.3, -0.25) is 4.79 Å². The van der Waals surface area contributed by atoms with Crippen molar-refractivity contribution in [2.24, 2.45) is 0 Å². The summed E-state index contributed by atoms with van der Waals surface area (Å²) in [6.45, 7) is 14.9. The fourth-order valence-electron chi connectivity index (χ4n) is 2.35. The number of hydrogen-bond donors (Lipinski definition) is 2. The molecule has 0 saturated heterocycles. The van der Waals surface area contributed by atoms with E-state index in [1.807, 2.05) is 0 Å². The van der Waals surface area contributed by atoms with E-state index in [1.54, 1.807) is 6.07 Å². The second kappa shape index (κ2) is 9.26. The van der Waals surface area contributed by atoms with Crippen molar-refractivity contribution < 1.29 is 9.16 Å². The molecular weight excluding hydrogens is 462 g/mol. The lowest BCUT2D eigenvalue weighted by Gasteiger charge is -2.37. The molecule has 0 aliphatic rings. The van der Waals surface area contributed by atoms with Crippen LogP contribution in [0.4, 0.5) is 0 Å². The number of nitrogens with zero attached hydrogens (tertiary/aromatic N) is 1. The maximum atomic E-state index is 12.2. The van der Waals surface area contributed by atoms with Gasteiger partial charge in [0.15, 0.2) is 14.1 Å². The van der Waals surface area contributed by atoms with Gasteiger partial charge in [0.1, 0.15) is 12.0 Å². The van der Waals surface area contributed by atoms with E-state index < -0.39 is 8.32 Å². The Morgan fingerprint density at radius 1 is 1.39 bits per heavy atom. The zero-order valence-corrected chi connectivity index (χ0v) is 20.6. The molecule has 2 rings (SSSR count). The summed E-state index contributed by atoms with van der Waals surface area (Å²) in [5, 5.41) is 4.29. The molecule has 9 heteroatoms. The molecule has 0 fully saturated rings. The lowest BCUT2D eigenvalue weighted by Crippen LogP contribution is -2.44. The number of ether oxygens (including phenoxy) is 1. The summed E-state index contributed by atoms with van der Waals surface area (Å²) in [5.41, 5.74) is 0.248. The molecule has 6 nitrogen and oxygen atoms in total. The Morgan fingerprint density at radius 2 is 2.07 bits per heavy atom. The molecular formula is C19H29BrClN3O3Si. The summed E-state index contributed by atoms with van der Waals surface area (Å²) in [6, 6.07) is 1.90. The van der Waals surface area contributed by atoms with Crippen molar-refractivity contribution in [1.82, 2.24) is 15.3 Å². The van der Waals surface area contributed by atoms with Gasteiger partial charge in [0, 0.05) is 23.7 Å². The number of aromatic nitrogens is 2. The van der Waals surface area contributed by atoms with Crippen LogP contribution in [0.5, 0.6) is 5.75 Å². The fraction of sp³-hybridized carbons (Fsp3) is 0.579.